The van der Waals surface area contributed by atoms with Crippen molar-refractivity contribution in [3.8, 4) is 0 Å². The summed E-state index contributed by atoms with van der Waals surface area (Å²) in [7, 11) is -8.06. The van der Waals surface area contributed by atoms with Crippen LogP contribution in [-0.4, -0.2) is 105 Å². The van der Waals surface area contributed by atoms with E-state index in [2.05, 4.69) is 186 Å². The molecule has 65 heavy (non-hydrogen) atoms. The average molecular weight is 1020 g/mol. The van der Waals surface area contributed by atoms with Gasteiger partial charge in [-0.15, -0.1) is 23.5 Å². The first kappa shape index (κ1) is 61.4. The van der Waals surface area contributed by atoms with Crippen LogP contribution < -0.4 is 0 Å². The molecule has 1 aliphatic rings. The van der Waals surface area contributed by atoms with Crippen LogP contribution in [0.25, 0.3) is 0 Å². The first-order valence-corrected chi connectivity index (χ1v) is 38.7. The van der Waals surface area contributed by atoms with Crippen LogP contribution in [0.15, 0.2) is 42.0 Å². The molecule has 0 amide bonds. The lowest BCUT2D eigenvalue weighted by molar-refractivity contribution is -0.126. The van der Waals surface area contributed by atoms with E-state index >= 15 is 0 Å². The summed E-state index contributed by atoms with van der Waals surface area (Å²) in [5.41, 5.74) is 3.35. The maximum absolute atomic E-state index is 12.7. The highest BCUT2D eigenvalue weighted by Gasteiger charge is 2.57. The Morgan fingerprint density at radius 3 is 1.77 bits per heavy atom. The van der Waals surface area contributed by atoms with Gasteiger partial charge in [-0.05, 0) is 101 Å². The van der Waals surface area contributed by atoms with Crippen LogP contribution in [0.1, 0.15) is 129 Å². The van der Waals surface area contributed by atoms with Crippen LogP contribution in [-0.2, 0) is 34.1 Å². The first-order valence-electron chi connectivity index (χ1n) is 25.1. The lowest BCUT2D eigenvalue weighted by atomic mass is 9.82. The van der Waals surface area contributed by atoms with Crippen LogP contribution in [0, 0.1) is 5.41 Å². The zero-order chi connectivity index (χ0) is 49.9. The summed E-state index contributed by atoms with van der Waals surface area (Å²) in [5, 5.41) is 12.7. The molecule has 1 aromatic rings. The van der Waals surface area contributed by atoms with Gasteiger partial charge in [0.1, 0.15) is 6.79 Å². The van der Waals surface area contributed by atoms with Crippen molar-refractivity contribution in [2.24, 2.45) is 5.41 Å². The third-order valence-corrected chi connectivity index (χ3v) is 35.8. The Hall–Kier alpha value is 0.248. The lowest BCUT2D eigenvalue weighted by Crippen LogP contribution is -2.58. The van der Waals surface area contributed by atoms with Gasteiger partial charge in [-0.1, -0.05) is 153 Å². The molecule has 1 saturated heterocycles. The molecule has 1 fully saturated rings. The normalized spacial score (nSPS) is 18.4. The third-order valence-electron chi connectivity index (χ3n) is 14.9. The van der Waals surface area contributed by atoms with E-state index in [4.69, 9.17) is 27.5 Å². The minimum Gasteiger partial charge on any atom is -0.412 e. The van der Waals surface area contributed by atoms with Gasteiger partial charge >= 0.3 is 0 Å². The minimum absolute atomic E-state index is 0.0320. The second-order valence-corrected chi connectivity index (χ2v) is 48.5. The summed E-state index contributed by atoms with van der Waals surface area (Å²) in [6.07, 6.45) is 2.73. The molecule has 1 aliphatic heterocycles. The molecule has 1 heterocycles. The van der Waals surface area contributed by atoms with Gasteiger partial charge in [0.15, 0.2) is 16.6 Å². The molecule has 7 nitrogen and oxygen atoms in total. The summed E-state index contributed by atoms with van der Waals surface area (Å²) in [4.78, 5) is 0. The number of aliphatic hydroxyl groups is 1. The SMILES string of the molecule is CC(C)[Si](OC/C=C(\C[C@H](O)C[C@@H](OCOCC[Si](C)(C)C)[C@@H](C)O[Si](C)(C)C(C)(C)C)[C@H](O[Si](C)(C)C(C)(C)C)C1(C(C)(C)COCc2ccccc2)SCCCS1)(C(C)C)C(C)C. The van der Waals surface area contributed by atoms with Gasteiger partial charge in [0.05, 0.1) is 48.3 Å². The molecule has 0 bridgehead atoms. The Morgan fingerprint density at radius 1 is 0.754 bits per heavy atom. The van der Waals surface area contributed by atoms with Gasteiger partial charge in [-0.2, -0.15) is 0 Å². The summed E-state index contributed by atoms with van der Waals surface area (Å²) in [5.74, 6) is 2.08. The number of benzene rings is 1. The molecule has 1 N–H and O–H groups in total. The molecular formula is C52H102O7S2Si4. The topological polar surface area (TPSA) is 75.6 Å². The average Bonchev–Trinajstić information content (AvgIpc) is 3.16. The van der Waals surface area contributed by atoms with Crippen molar-refractivity contribution >= 4 is 56.5 Å². The standard InChI is InChI=1S/C52H102O7S2Si4/c1-40(2)65(41(3)4,42(5)6)57-30-29-45(35-46(53)36-47(56-39-54-31-34-62(16,17)18)43(7)58-63(19,20)49(8,9)10)48(59-64(21,22)50(11,12)13)52(60-32-26-33-61-52)51(14,15)38-55-37-44-27-24-23-25-28-44/h23-25,27-29,40-43,46-48,53H,26,30-39H2,1-22H3/b45-29+/t43-,46+,47-,48+/m1/s1. The Morgan fingerprint density at radius 2 is 1.28 bits per heavy atom. The monoisotopic (exact) mass is 1010 g/mol. The van der Waals surface area contributed by atoms with Crippen LogP contribution >= 0.6 is 23.5 Å². The molecule has 0 aromatic heterocycles. The van der Waals surface area contributed by atoms with E-state index in [9.17, 15) is 5.11 Å². The Bertz CT molecular complexity index is 1520. The Labute approximate surface area is 414 Å². The van der Waals surface area contributed by atoms with E-state index in [0.717, 1.165) is 29.5 Å². The number of ether oxygens (including phenoxy) is 3. The molecule has 0 saturated carbocycles. The third kappa shape index (κ3) is 17.8. The summed E-state index contributed by atoms with van der Waals surface area (Å²) < 4.78 is 41.3. The van der Waals surface area contributed by atoms with Crippen molar-refractivity contribution in [2.45, 2.75) is 237 Å². The van der Waals surface area contributed by atoms with Crippen LogP contribution in [0.5, 0.6) is 0 Å². The van der Waals surface area contributed by atoms with Crippen molar-refractivity contribution in [1.82, 2.24) is 0 Å². The highest BCUT2D eigenvalue weighted by atomic mass is 32.2. The second kappa shape index (κ2) is 25.6. The molecular weight excluding hydrogens is 913 g/mol. The number of hydrogen-bond acceptors (Lipinski definition) is 9. The molecule has 380 valence electrons. The molecule has 4 atom stereocenters. The van der Waals surface area contributed by atoms with E-state index in [-0.39, 0.29) is 40.6 Å². The minimum atomic E-state index is -2.41. The van der Waals surface area contributed by atoms with Gasteiger partial charge in [0.2, 0.25) is 8.32 Å². The second-order valence-electron chi connectivity index (χ2n) is 25.0. The predicted molar refractivity (Wildman–Crippen MR) is 296 cm³/mol. The summed E-state index contributed by atoms with van der Waals surface area (Å²) >= 11 is 4.10. The Kier molecular flexibility index (Phi) is 24.1. The van der Waals surface area contributed by atoms with Gasteiger partial charge in [0, 0.05) is 26.5 Å². The number of thioether (sulfide) groups is 2. The summed E-state index contributed by atoms with van der Waals surface area (Å²) in [6, 6.07) is 11.6. The van der Waals surface area contributed by atoms with Crippen molar-refractivity contribution < 1.29 is 32.6 Å². The molecule has 13 heteroatoms. The zero-order valence-electron chi connectivity index (χ0n) is 46.0. The molecule has 0 spiro atoms. The fourth-order valence-electron chi connectivity index (χ4n) is 8.81. The smallest absolute Gasteiger partial charge is 0.200 e. The zero-order valence-corrected chi connectivity index (χ0v) is 51.6. The van der Waals surface area contributed by atoms with Gasteiger partial charge in [-0.25, -0.2) is 0 Å². The molecule has 0 unspecified atom stereocenters. The fraction of sp³-hybridized carbons (Fsp3) is 0.846. The number of rotatable bonds is 28. The van der Waals surface area contributed by atoms with Crippen molar-refractivity contribution in [3.05, 3.63) is 47.5 Å². The molecule has 0 radical (unpaired) electrons. The van der Waals surface area contributed by atoms with Gasteiger partial charge < -0.3 is 32.6 Å². The van der Waals surface area contributed by atoms with Gasteiger partial charge in [-0.3, -0.25) is 0 Å². The van der Waals surface area contributed by atoms with Crippen LogP contribution in [0.2, 0.25) is 78.6 Å². The highest BCUT2D eigenvalue weighted by molar-refractivity contribution is 8.19. The number of hydrogen-bond donors (Lipinski definition) is 1. The van der Waals surface area contributed by atoms with Gasteiger partial charge in [0.25, 0.3) is 0 Å². The summed E-state index contributed by atoms with van der Waals surface area (Å²) in [6.45, 7) is 53.8. The fourth-order valence-corrected chi connectivity index (χ4v) is 21.6. The van der Waals surface area contributed by atoms with Crippen molar-refractivity contribution in [3.63, 3.8) is 0 Å². The van der Waals surface area contributed by atoms with Crippen molar-refractivity contribution in [2.75, 3.05) is 38.1 Å². The Balaban J connectivity index is 2.82. The van der Waals surface area contributed by atoms with E-state index in [1.807, 2.05) is 23.5 Å². The highest BCUT2D eigenvalue weighted by Crippen LogP contribution is 2.59. The lowest BCUT2D eigenvalue weighted by Gasteiger charge is -2.55. The van der Waals surface area contributed by atoms with Crippen molar-refractivity contribution in [1.29, 1.82) is 0 Å². The molecule has 1 aromatic carbocycles. The van der Waals surface area contributed by atoms with E-state index < -0.39 is 43.2 Å². The first-order chi connectivity index (χ1) is 29.7. The van der Waals surface area contributed by atoms with E-state index in [1.165, 1.54) is 5.56 Å². The number of aliphatic hydroxyl groups excluding tert-OH is 1. The largest absolute Gasteiger partial charge is 0.412 e. The molecule has 0 aliphatic carbocycles. The van der Waals surface area contributed by atoms with E-state index in [1.54, 1.807) is 0 Å². The quantitative estimate of drug-likeness (QED) is 0.0382. The maximum Gasteiger partial charge on any atom is 0.200 e. The predicted octanol–water partition coefficient (Wildman–Crippen LogP) is 15.6. The van der Waals surface area contributed by atoms with Crippen LogP contribution in [0.4, 0.5) is 0 Å². The van der Waals surface area contributed by atoms with E-state index in [0.29, 0.717) is 55.9 Å². The van der Waals surface area contributed by atoms with Crippen LogP contribution in [0.3, 0.4) is 0 Å². The molecule has 2 rings (SSSR count). The maximum atomic E-state index is 12.7.